The lowest BCUT2D eigenvalue weighted by Crippen LogP contribution is -2.05. The van der Waals surface area contributed by atoms with Crippen molar-refractivity contribution in [3.05, 3.63) is 59.7 Å². The van der Waals surface area contributed by atoms with E-state index < -0.39 is 11.7 Å². The molecule has 2 rings (SSSR count). The van der Waals surface area contributed by atoms with Gasteiger partial charge in [0.25, 0.3) is 0 Å². The number of nitrogens with two attached hydrogens (primary N) is 1. The molecular formula is C14H12F3NO. The Morgan fingerprint density at radius 3 is 2.42 bits per heavy atom. The number of rotatable bonds is 3. The Morgan fingerprint density at radius 1 is 1.00 bits per heavy atom. The van der Waals surface area contributed by atoms with Gasteiger partial charge in [-0.15, -0.1) is 0 Å². The lowest BCUT2D eigenvalue weighted by molar-refractivity contribution is -0.137. The Hall–Kier alpha value is -2.17. The van der Waals surface area contributed by atoms with Crippen LogP contribution in [0.3, 0.4) is 0 Å². The van der Waals surface area contributed by atoms with Crippen molar-refractivity contribution in [2.45, 2.75) is 12.8 Å². The molecule has 2 nitrogen and oxygen atoms in total. The van der Waals surface area contributed by atoms with E-state index in [9.17, 15) is 13.2 Å². The standard InChI is InChI=1S/C14H12F3NO/c15-14(16,17)11-5-3-6-12(8-11)19-9-10-4-1-2-7-13(10)18/h1-8H,9,18H2. The summed E-state index contributed by atoms with van der Waals surface area (Å²) in [6.45, 7) is 0.133. The molecule has 0 aliphatic rings. The van der Waals surface area contributed by atoms with E-state index in [1.165, 1.54) is 12.1 Å². The van der Waals surface area contributed by atoms with Gasteiger partial charge in [-0.3, -0.25) is 0 Å². The van der Waals surface area contributed by atoms with Crippen molar-refractivity contribution in [3.8, 4) is 5.75 Å². The molecule has 0 aromatic heterocycles. The molecule has 0 bridgehead atoms. The molecule has 0 unspecified atom stereocenters. The second-order valence-corrected chi connectivity index (χ2v) is 4.01. The zero-order chi connectivity index (χ0) is 13.9. The van der Waals surface area contributed by atoms with Gasteiger partial charge in [0.1, 0.15) is 12.4 Å². The van der Waals surface area contributed by atoms with Crippen LogP contribution < -0.4 is 10.5 Å². The number of anilines is 1. The van der Waals surface area contributed by atoms with Crippen LogP contribution in [0.25, 0.3) is 0 Å². The summed E-state index contributed by atoms with van der Waals surface area (Å²) < 4.78 is 42.9. The van der Waals surface area contributed by atoms with Gasteiger partial charge in [-0.25, -0.2) is 0 Å². The molecule has 0 amide bonds. The molecule has 0 radical (unpaired) electrons. The number of benzene rings is 2. The number of halogens is 3. The van der Waals surface area contributed by atoms with Crippen LogP contribution in [0, 0.1) is 0 Å². The van der Waals surface area contributed by atoms with Gasteiger partial charge >= 0.3 is 6.18 Å². The quantitative estimate of drug-likeness (QED) is 0.857. The maximum Gasteiger partial charge on any atom is 0.416 e. The Bertz CT molecular complexity index is 567. The summed E-state index contributed by atoms with van der Waals surface area (Å²) in [5.41, 5.74) is 6.28. The van der Waals surface area contributed by atoms with Crippen molar-refractivity contribution in [1.82, 2.24) is 0 Å². The number of ether oxygens (including phenoxy) is 1. The number of para-hydroxylation sites is 1. The molecule has 5 heteroatoms. The van der Waals surface area contributed by atoms with Gasteiger partial charge in [0.15, 0.2) is 0 Å². The van der Waals surface area contributed by atoms with Crippen molar-refractivity contribution in [2.24, 2.45) is 0 Å². The highest BCUT2D eigenvalue weighted by Crippen LogP contribution is 2.31. The molecule has 100 valence electrons. The highest BCUT2D eigenvalue weighted by molar-refractivity contribution is 5.46. The van der Waals surface area contributed by atoms with E-state index in [1.807, 2.05) is 0 Å². The Balaban J connectivity index is 2.10. The third-order valence-electron chi connectivity index (χ3n) is 2.61. The van der Waals surface area contributed by atoms with Gasteiger partial charge in [-0.2, -0.15) is 13.2 Å². The highest BCUT2D eigenvalue weighted by Gasteiger charge is 2.30. The van der Waals surface area contributed by atoms with E-state index in [0.717, 1.165) is 17.7 Å². The van der Waals surface area contributed by atoms with E-state index >= 15 is 0 Å². The first-order valence-corrected chi connectivity index (χ1v) is 5.60. The maximum absolute atomic E-state index is 12.5. The molecular weight excluding hydrogens is 255 g/mol. The summed E-state index contributed by atoms with van der Waals surface area (Å²) >= 11 is 0. The lowest BCUT2D eigenvalue weighted by atomic mass is 10.2. The normalized spacial score (nSPS) is 11.3. The average molecular weight is 267 g/mol. The summed E-state index contributed by atoms with van der Waals surface area (Å²) in [4.78, 5) is 0. The molecule has 0 heterocycles. The fourth-order valence-electron chi connectivity index (χ4n) is 1.59. The van der Waals surface area contributed by atoms with E-state index in [-0.39, 0.29) is 12.4 Å². The molecule has 0 atom stereocenters. The molecule has 2 aromatic rings. The van der Waals surface area contributed by atoms with Crippen LogP contribution >= 0.6 is 0 Å². The minimum Gasteiger partial charge on any atom is -0.489 e. The smallest absolute Gasteiger partial charge is 0.416 e. The Morgan fingerprint density at radius 2 is 1.74 bits per heavy atom. The first-order valence-electron chi connectivity index (χ1n) is 5.60. The average Bonchev–Trinajstić information content (AvgIpc) is 2.37. The highest BCUT2D eigenvalue weighted by atomic mass is 19.4. The number of nitrogen functional groups attached to an aromatic ring is 1. The van der Waals surface area contributed by atoms with E-state index in [2.05, 4.69) is 0 Å². The fourth-order valence-corrected chi connectivity index (χ4v) is 1.59. The predicted molar refractivity (Wildman–Crippen MR) is 66.6 cm³/mol. The maximum atomic E-state index is 12.5. The Labute approximate surface area is 108 Å². The third-order valence-corrected chi connectivity index (χ3v) is 2.61. The zero-order valence-corrected chi connectivity index (χ0v) is 9.95. The monoisotopic (exact) mass is 267 g/mol. The van der Waals surface area contributed by atoms with Crippen molar-refractivity contribution in [3.63, 3.8) is 0 Å². The largest absolute Gasteiger partial charge is 0.489 e. The van der Waals surface area contributed by atoms with Crippen molar-refractivity contribution >= 4 is 5.69 Å². The SMILES string of the molecule is Nc1ccccc1COc1cccc(C(F)(F)F)c1. The first-order chi connectivity index (χ1) is 8.97. The van der Waals surface area contributed by atoms with Crippen LogP contribution in [-0.4, -0.2) is 0 Å². The molecule has 0 saturated carbocycles. The summed E-state index contributed by atoms with van der Waals surface area (Å²) in [5.74, 6) is 0.165. The van der Waals surface area contributed by atoms with Gasteiger partial charge < -0.3 is 10.5 Å². The number of hydrogen-bond donors (Lipinski definition) is 1. The zero-order valence-electron chi connectivity index (χ0n) is 9.95. The summed E-state index contributed by atoms with van der Waals surface area (Å²) in [6, 6.07) is 11.8. The van der Waals surface area contributed by atoms with Gasteiger partial charge in [-0.1, -0.05) is 24.3 Å². The minimum absolute atomic E-state index is 0.133. The molecule has 19 heavy (non-hydrogen) atoms. The number of hydrogen-bond acceptors (Lipinski definition) is 2. The molecule has 2 N–H and O–H groups in total. The van der Waals surface area contributed by atoms with Crippen LogP contribution in [0.2, 0.25) is 0 Å². The van der Waals surface area contributed by atoms with Crippen molar-refractivity contribution in [2.75, 3.05) is 5.73 Å². The lowest BCUT2D eigenvalue weighted by Gasteiger charge is -2.11. The fraction of sp³-hybridized carbons (Fsp3) is 0.143. The van der Waals surface area contributed by atoms with Gasteiger partial charge in [-0.05, 0) is 24.3 Å². The van der Waals surface area contributed by atoms with Crippen LogP contribution in [0.4, 0.5) is 18.9 Å². The molecule has 0 spiro atoms. The third kappa shape index (κ3) is 3.40. The first kappa shape index (κ1) is 13.3. The second-order valence-electron chi connectivity index (χ2n) is 4.01. The summed E-state index contributed by atoms with van der Waals surface area (Å²) in [5, 5.41) is 0. The molecule has 0 fully saturated rings. The second kappa shape index (κ2) is 5.22. The van der Waals surface area contributed by atoms with Gasteiger partial charge in [0.05, 0.1) is 5.56 Å². The molecule has 2 aromatic carbocycles. The predicted octanol–water partition coefficient (Wildman–Crippen LogP) is 3.87. The molecule has 0 aliphatic carbocycles. The molecule has 0 aliphatic heterocycles. The van der Waals surface area contributed by atoms with Crippen LogP contribution in [0.1, 0.15) is 11.1 Å². The van der Waals surface area contributed by atoms with Crippen LogP contribution in [0.15, 0.2) is 48.5 Å². The van der Waals surface area contributed by atoms with Crippen LogP contribution in [-0.2, 0) is 12.8 Å². The van der Waals surface area contributed by atoms with Gasteiger partial charge in [0.2, 0.25) is 0 Å². The summed E-state index contributed by atoms with van der Waals surface area (Å²) in [7, 11) is 0. The minimum atomic E-state index is -4.37. The summed E-state index contributed by atoms with van der Waals surface area (Å²) in [6.07, 6.45) is -4.37. The number of alkyl halides is 3. The van der Waals surface area contributed by atoms with Crippen molar-refractivity contribution in [1.29, 1.82) is 0 Å². The molecule has 0 saturated heterocycles. The topological polar surface area (TPSA) is 35.2 Å². The van der Waals surface area contributed by atoms with E-state index in [1.54, 1.807) is 24.3 Å². The van der Waals surface area contributed by atoms with E-state index in [0.29, 0.717) is 5.69 Å². The van der Waals surface area contributed by atoms with E-state index in [4.69, 9.17) is 10.5 Å². The van der Waals surface area contributed by atoms with Gasteiger partial charge in [0, 0.05) is 11.3 Å². The Kier molecular flexibility index (Phi) is 3.64. The van der Waals surface area contributed by atoms with Crippen LogP contribution in [0.5, 0.6) is 5.75 Å². The van der Waals surface area contributed by atoms with Crippen molar-refractivity contribution < 1.29 is 17.9 Å².